The summed E-state index contributed by atoms with van der Waals surface area (Å²) in [4.78, 5) is 0. The van der Waals surface area contributed by atoms with Crippen LogP contribution in [0.5, 0.6) is 11.5 Å². The van der Waals surface area contributed by atoms with E-state index in [1.807, 2.05) is 19.1 Å². The van der Waals surface area contributed by atoms with Crippen molar-refractivity contribution in [3.05, 3.63) is 23.3 Å². The number of aliphatic hydroxyl groups is 1. The number of rotatable bonds is 3. The lowest BCUT2D eigenvalue weighted by Crippen LogP contribution is -2.16. The number of fused-ring (bicyclic) bond motifs is 1. The molecule has 0 saturated carbocycles. The SMILES string of the molecule is CCc1cc2c(cc1C(N)CO)OCO2. The molecule has 1 aliphatic rings. The highest BCUT2D eigenvalue weighted by atomic mass is 16.7. The highest BCUT2D eigenvalue weighted by Crippen LogP contribution is 2.36. The second-order valence-electron chi connectivity index (χ2n) is 3.55. The van der Waals surface area contributed by atoms with Gasteiger partial charge in [-0.1, -0.05) is 6.92 Å². The Morgan fingerprint density at radius 3 is 2.67 bits per heavy atom. The van der Waals surface area contributed by atoms with Crippen LogP contribution in [-0.4, -0.2) is 18.5 Å². The summed E-state index contributed by atoms with van der Waals surface area (Å²) in [6, 6.07) is 3.45. The molecule has 4 nitrogen and oxygen atoms in total. The van der Waals surface area contributed by atoms with Crippen molar-refractivity contribution in [1.82, 2.24) is 0 Å². The molecule has 1 aromatic carbocycles. The minimum atomic E-state index is -0.352. The summed E-state index contributed by atoms with van der Waals surface area (Å²) in [5, 5.41) is 9.06. The molecule has 1 unspecified atom stereocenters. The number of aliphatic hydroxyl groups excluding tert-OH is 1. The van der Waals surface area contributed by atoms with Gasteiger partial charge in [-0.3, -0.25) is 0 Å². The molecule has 0 aromatic heterocycles. The second kappa shape index (κ2) is 4.08. The first-order chi connectivity index (χ1) is 7.26. The maximum absolute atomic E-state index is 9.06. The van der Waals surface area contributed by atoms with Crippen molar-refractivity contribution < 1.29 is 14.6 Å². The lowest BCUT2D eigenvalue weighted by atomic mass is 9.98. The van der Waals surface area contributed by atoms with Gasteiger partial charge >= 0.3 is 0 Å². The molecular weight excluding hydrogens is 194 g/mol. The van der Waals surface area contributed by atoms with Crippen LogP contribution in [0.1, 0.15) is 24.1 Å². The van der Waals surface area contributed by atoms with Crippen LogP contribution in [0.4, 0.5) is 0 Å². The molecule has 0 bridgehead atoms. The third-order valence-corrected chi connectivity index (χ3v) is 2.61. The zero-order valence-corrected chi connectivity index (χ0v) is 8.69. The first-order valence-electron chi connectivity index (χ1n) is 5.05. The van der Waals surface area contributed by atoms with Crippen molar-refractivity contribution in [2.24, 2.45) is 5.73 Å². The molecule has 15 heavy (non-hydrogen) atoms. The van der Waals surface area contributed by atoms with Crippen LogP contribution in [-0.2, 0) is 6.42 Å². The van der Waals surface area contributed by atoms with Crippen molar-refractivity contribution in [2.45, 2.75) is 19.4 Å². The molecule has 0 fully saturated rings. The summed E-state index contributed by atoms with van der Waals surface area (Å²) in [6.07, 6.45) is 0.861. The quantitative estimate of drug-likeness (QED) is 0.778. The molecular formula is C11H15NO3. The van der Waals surface area contributed by atoms with E-state index in [0.29, 0.717) is 5.75 Å². The van der Waals surface area contributed by atoms with Gasteiger partial charge in [0, 0.05) is 0 Å². The maximum Gasteiger partial charge on any atom is 0.231 e. The van der Waals surface area contributed by atoms with E-state index in [0.717, 1.165) is 23.3 Å². The van der Waals surface area contributed by atoms with Gasteiger partial charge in [-0.25, -0.2) is 0 Å². The third kappa shape index (κ3) is 1.78. The number of aryl methyl sites for hydroxylation is 1. The van der Waals surface area contributed by atoms with E-state index in [4.69, 9.17) is 20.3 Å². The Morgan fingerprint density at radius 2 is 2.07 bits per heavy atom. The average Bonchev–Trinajstić information content (AvgIpc) is 2.73. The van der Waals surface area contributed by atoms with Gasteiger partial charge in [0.1, 0.15) is 0 Å². The summed E-state index contributed by atoms with van der Waals surface area (Å²) >= 11 is 0. The standard InChI is InChI=1S/C11H15NO3/c1-2-7-3-10-11(15-6-14-10)4-8(7)9(12)5-13/h3-4,9,13H,2,5-6,12H2,1H3. The van der Waals surface area contributed by atoms with E-state index >= 15 is 0 Å². The van der Waals surface area contributed by atoms with E-state index in [1.54, 1.807) is 0 Å². The minimum Gasteiger partial charge on any atom is -0.454 e. The Kier molecular flexibility index (Phi) is 2.79. The molecule has 4 heteroatoms. The zero-order valence-electron chi connectivity index (χ0n) is 8.69. The van der Waals surface area contributed by atoms with Crippen LogP contribution in [0, 0.1) is 0 Å². The van der Waals surface area contributed by atoms with E-state index in [2.05, 4.69) is 0 Å². The van der Waals surface area contributed by atoms with Crippen molar-refractivity contribution in [3.8, 4) is 11.5 Å². The first-order valence-corrected chi connectivity index (χ1v) is 5.05. The molecule has 0 aliphatic carbocycles. The first kappa shape index (κ1) is 10.3. The molecule has 1 aliphatic heterocycles. The number of ether oxygens (including phenoxy) is 2. The monoisotopic (exact) mass is 209 g/mol. The van der Waals surface area contributed by atoms with Crippen molar-refractivity contribution >= 4 is 0 Å². The van der Waals surface area contributed by atoms with Gasteiger partial charge in [0.25, 0.3) is 0 Å². The highest BCUT2D eigenvalue weighted by Gasteiger charge is 2.19. The van der Waals surface area contributed by atoms with Crippen molar-refractivity contribution in [1.29, 1.82) is 0 Å². The van der Waals surface area contributed by atoms with Gasteiger partial charge in [-0.15, -0.1) is 0 Å². The summed E-state index contributed by atoms with van der Waals surface area (Å²) < 4.78 is 10.6. The largest absolute Gasteiger partial charge is 0.454 e. The molecule has 0 spiro atoms. The van der Waals surface area contributed by atoms with Gasteiger partial charge in [0.2, 0.25) is 6.79 Å². The molecule has 1 atom stereocenters. The maximum atomic E-state index is 9.06. The van der Waals surface area contributed by atoms with E-state index in [1.165, 1.54) is 0 Å². The normalized spacial score (nSPS) is 15.4. The number of hydrogen-bond acceptors (Lipinski definition) is 4. The predicted octanol–water partition coefficient (Wildman–Crippen LogP) is 0.970. The smallest absolute Gasteiger partial charge is 0.231 e. The van der Waals surface area contributed by atoms with Crippen molar-refractivity contribution in [2.75, 3.05) is 13.4 Å². The van der Waals surface area contributed by atoms with Crippen LogP contribution < -0.4 is 15.2 Å². The summed E-state index contributed by atoms with van der Waals surface area (Å²) in [7, 11) is 0. The molecule has 2 rings (SSSR count). The third-order valence-electron chi connectivity index (χ3n) is 2.61. The molecule has 1 heterocycles. The van der Waals surface area contributed by atoms with Crippen LogP contribution in [0.3, 0.4) is 0 Å². The van der Waals surface area contributed by atoms with E-state index in [9.17, 15) is 0 Å². The Morgan fingerprint density at radius 1 is 1.40 bits per heavy atom. The molecule has 3 N–H and O–H groups in total. The highest BCUT2D eigenvalue weighted by molar-refractivity contribution is 5.49. The molecule has 0 amide bonds. The van der Waals surface area contributed by atoms with Gasteiger partial charge in [0.05, 0.1) is 12.6 Å². The van der Waals surface area contributed by atoms with Gasteiger partial charge in [-0.2, -0.15) is 0 Å². The Balaban J connectivity index is 2.44. The Hall–Kier alpha value is -1.26. The second-order valence-corrected chi connectivity index (χ2v) is 3.55. The van der Waals surface area contributed by atoms with Gasteiger partial charge < -0.3 is 20.3 Å². The lowest BCUT2D eigenvalue weighted by molar-refractivity contribution is 0.174. The van der Waals surface area contributed by atoms with E-state index < -0.39 is 0 Å². The van der Waals surface area contributed by atoms with Crippen LogP contribution in [0.15, 0.2) is 12.1 Å². The Bertz CT molecular complexity index is 365. The fraction of sp³-hybridized carbons (Fsp3) is 0.455. The van der Waals surface area contributed by atoms with Crippen LogP contribution in [0.25, 0.3) is 0 Å². The topological polar surface area (TPSA) is 64.7 Å². The van der Waals surface area contributed by atoms with Crippen LogP contribution in [0.2, 0.25) is 0 Å². The van der Waals surface area contributed by atoms with Crippen molar-refractivity contribution in [3.63, 3.8) is 0 Å². The predicted molar refractivity (Wildman–Crippen MR) is 56.0 cm³/mol. The molecule has 82 valence electrons. The minimum absolute atomic E-state index is 0.0629. The van der Waals surface area contributed by atoms with E-state index in [-0.39, 0.29) is 19.4 Å². The number of benzene rings is 1. The zero-order chi connectivity index (χ0) is 10.8. The molecule has 0 saturated heterocycles. The number of hydrogen-bond donors (Lipinski definition) is 2. The number of nitrogens with two attached hydrogens (primary N) is 1. The van der Waals surface area contributed by atoms with Gasteiger partial charge in [-0.05, 0) is 29.7 Å². The summed E-state index contributed by atoms with van der Waals surface area (Å²) in [6.45, 7) is 2.24. The summed E-state index contributed by atoms with van der Waals surface area (Å²) in [5.41, 5.74) is 7.85. The average molecular weight is 209 g/mol. The lowest BCUT2D eigenvalue weighted by Gasteiger charge is -2.14. The molecule has 0 radical (unpaired) electrons. The fourth-order valence-electron chi connectivity index (χ4n) is 1.75. The summed E-state index contributed by atoms with van der Waals surface area (Å²) in [5.74, 6) is 1.48. The fourth-order valence-corrected chi connectivity index (χ4v) is 1.75. The molecule has 1 aromatic rings. The van der Waals surface area contributed by atoms with Crippen LogP contribution >= 0.6 is 0 Å². The Labute approximate surface area is 88.6 Å². The van der Waals surface area contributed by atoms with Gasteiger partial charge in [0.15, 0.2) is 11.5 Å².